The molecule has 1 fully saturated rings. The molecule has 4 heteroatoms. The van der Waals surface area contributed by atoms with E-state index >= 15 is 0 Å². The maximum atomic E-state index is 5.86. The fourth-order valence-electron chi connectivity index (χ4n) is 2.93. The van der Waals surface area contributed by atoms with Gasteiger partial charge in [-0.25, -0.2) is 0 Å². The Hall–Kier alpha value is -0.710. The Balaban J connectivity index is 2.46. The normalized spacial score (nSPS) is 24.5. The summed E-state index contributed by atoms with van der Waals surface area (Å²) >= 11 is 2.00. The fourth-order valence-corrected chi connectivity index (χ4v) is 4.34. The second-order valence-electron chi connectivity index (χ2n) is 5.49. The van der Waals surface area contributed by atoms with E-state index in [1.807, 2.05) is 11.8 Å². The molecule has 0 aromatic heterocycles. The summed E-state index contributed by atoms with van der Waals surface area (Å²) in [5, 5.41) is 0. The van der Waals surface area contributed by atoms with Crippen molar-refractivity contribution in [3.8, 4) is 5.75 Å². The van der Waals surface area contributed by atoms with Crippen molar-refractivity contribution < 1.29 is 4.74 Å². The zero-order valence-electron chi connectivity index (χ0n) is 12.2. The molecule has 0 radical (unpaired) electrons. The Bertz CT molecular complexity index is 456. The van der Waals surface area contributed by atoms with E-state index in [4.69, 9.17) is 10.6 Å². The van der Waals surface area contributed by atoms with Gasteiger partial charge < -0.3 is 4.74 Å². The predicted molar refractivity (Wildman–Crippen MR) is 82.6 cm³/mol. The molecule has 0 aliphatic carbocycles. The summed E-state index contributed by atoms with van der Waals surface area (Å²) < 4.78 is 5.78. The maximum absolute atomic E-state index is 5.86. The van der Waals surface area contributed by atoms with E-state index in [1.54, 1.807) is 7.11 Å². The molecule has 1 aromatic rings. The third kappa shape index (κ3) is 2.62. The first-order chi connectivity index (χ1) is 9.03. The second-order valence-corrected chi connectivity index (χ2v) is 7.12. The van der Waals surface area contributed by atoms with Crippen LogP contribution in [0.3, 0.4) is 0 Å². The molecular formula is C15H24N2OS. The largest absolute Gasteiger partial charge is 0.496 e. The van der Waals surface area contributed by atoms with E-state index in [-0.39, 0.29) is 10.8 Å². The Kier molecular flexibility index (Phi) is 4.43. The number of methoxy groups -OCH3 is 1. The van der Waals surface area contributed by atoms with Crippen LogP contribution in [0.4, 0.5) is 0 Å². The van der Waals surface area contributed by atoms with Crippen LogP contribution in [0.2, 0.25) is 0 Å². The topological polar surface area (TPSA) is 47.3 Å². The number of benzene rings is 1. The van der Waals surface area contributed by atoms with Crippen molar-refractivity contribution >= 4 is 11.8 Å². The molecule has 2 rings (SSSR count). The second kappa shape index (κ2) is 5.73. The first-order valence-corrected chi connectivity index (χ1v) is 7.76. The van der Waals surface area contributed by atoms with E-state index in [2.05, 4.69) is 38.3 Å². The van der Waals surface area contributed by atoms with Gasteiger partial charge in [-0.2, -0.15) is 11.8 Å². The minimum Gasteiger partial charge on any atom is -0.496 e. The van der Waals surface area contributed by atoms with E-state index in [0.29, 0.717) is 0 Å². The van der Waals surface area contributed by atoms with Crippen LogP contribution in [0, 0.1) is 13.8 Å². The quantitative estimate of drug-likeness (QED) is 0.657. The number of ether oxygens (including phenoxy) is 1. The Labute approximate surface area is 120 Å². The zero-order valence-corrected chi connectivity index (χ0v) is 13.1. The summed E-state index contributed by atoms with van der Waals surface area (Å²) in [6, 6.07) is 4.42. The van der Waals surface area contributed by atoms with Crippen LogP contribution >= 0.6 is 11.8 Å². The summed E-state index contributed by atoms with van der Waals surface area (Å²) in [7, 11) is 1.74. The molecule has 3 N–H and O–H groups in total. The van der Waals surface area contributed by atoms with Crippen LogP contribution in [-0.4, -0.2) is 17.6 Å². The van der Waals surface area contributed by atoms with Gasteiger partial charge >= 0.3 is 0 Å². The fraction of sp³-hybridized carbons (Fsp3) is 0.600. The lowest BCUT2D eigenvalue weighted by Crippen LogP contribution is -2.41. The number of rotatable bonds is 4. The molecule has 2 unspecified atom stereocenters. The van der Waals surface area contributed by atoms with Crippen molar-refractivity contribution in [2.45, 2.75) is 44.4 Å². The van der Waals surface area contributed by atoms with Crippen LogP contribution in [0.1, 0.15) is 42.5 Å². The van der Waals surface area contributed by atoms with E-state index in [0.717, 1.165) is 5.75 Å². The van der Waals surface area contributed by atoms with Crippen molar-refractivity contribution in [3.63, 3.8) is 0 Å². The van der Waals surface area contributed by atoms with Gasteiger partial charge in [-0.3, -0.25) is 11.3 Å². The van der Waals surface area contributed by atoms with Gasteiger partial charge in [0.2, 0.25) is 0 Å². The minimum absolute atomic E-state index is 0.120. The average molecular weight is 280 g/mol. The molecular weight excluding hydrogens is 256 g/mol. The molecule has 1 aliphatic heterocycles. The van der Waals surface area contributed by atoms with Gasteiger partial charge in [-0.05, 0) is 50.5 Å². The lowest BCUT2D eigenvalue weighted by molar-refractivity contribution is 0.372. The van der Waals surface area contributed by atoms with Gasteiger partial charge in [0, 0.05) is 10.3 Å². The van der Waals surface area contributed by atoms with E-state index in [9.17, 15) is 0 Å². The summed E-state index contributed by atoms with van der Waals surface area (Å²) in [6.07, 6.45) is 2.44. The molecule has 1 saturated heterocycles. The molecule has 1 aliphatic rings. The molecule has 106 valence electrons. The SMILES string of the molecule is COc1c(C(NN)C2(C)CCCS2)ccc(C)c1C. The standard InChI is InChI=1S/C15H24N2OS/c1-10-6-7-12(13(18-4)11(10)2)14(17-16)15(3)8-5-9-19-15/h6-7,14,17H,5,8-9,16H2,1-4H3. The highest BCUT2D eigenvalue weighted by Gasteiger charge is 2.39. The molecule has 0 amide bonds. The van der Waals surface area contributed by atoms with Crippen molar-refractivity contribution in [1.82, 2.24) is 5.43 Å². The smallest absolute Gasteiger partial charge is 0.126 e. The Morgan fingerprint density at radius 2 is 2.16 bits per heavy atom. The van der Waals surface area contributed by atoms with Gasteiger partial charge in [0.15, 0.2) is 0 Å². The third-order valence-electron chi connectivity index (χ3n) is 4.25. The molecule has 19 heavy (non-hydrogen) atoms. The Morgan fingerprint density at radius 3 is 2.68 bits per heavy atom. The molecule has 1 aromatic carbocycles. The minimum atomic E-state index is 0.120. The summed E-state index contributed by atoms with van der Waals surface area (Å²) in [5.74, 6) is 8.04. The predicted octanol–water partition coefficient (Wildman–Crippen LogP) is 3.10. The lowest BCUT2D eigenvalue weighted by Gasteiger charge is -2.34. The van der Waals surface area contributed by atoms with Crippen LogP contribution < -0.4 is 16.0 Å². The molecule has 0 spiro atoms. The number of hydrogen-bond donors (Lipinski definition) is 2. The van der Waals surface area contributed by atoms with Crippen molar-refractivity contribution in [1.29, 1.82) is 0 Å². The summed E-state index contributed by atoms with van der Waals surface area (Å²) in [5.41, 5.74) is 6.64. The molecule has 1 heterocycles. The number of nitrogens with two attached hydrogens (primary N) is 1. The van der Waals surface area contributed by atoms with Crippen molar-refractivity contribution in [3.05, 3.63) is 28.8 Å². The number of hydrazine groups is 1. The van der Waals surface area contributed by atoms with Crippen LogP contribution in [0.5, 0.6) is 5.75 Å². The monoisotopic (exact) mass is 280 g/mol. The third-order valence-corrected chi connectivity index (χ3v) is 5.84. The zero-order chi connectivity index (χ0) is 14.0. The van der Waals surface area contributed by atoms with Gasteiger partial charge in [0.05, 0.1) is 13.2 Å². The van der Waals surface area contributed by atoms with E-state index < -0.39 is 0 Å². The first kappa shape index (κ1) is 14.7. The highest BCUT2D eigenvalue weighted by atomic mass is 32.2. The lowest BCUT2D eigenvalue weighted by atomic mass is 9.88. The number of aryl methyl sites for hydroxylation is 1. The molecule has 0 saturated carbocycles. The van der Waals surface area contributed by atoms with Crippen molar-refractivity contribution in [2.24, 2.45) is 5.84 Å². The number of nitrogens with one attached hydrogen (secondary N) is 1. The first-order valence-electron chi connectivity index (χ1n) is 6.77. The number of thioether (sulfide) groups is 1. The van der Waals surface area contributed by atoms with Gasteiger partial charge in [0.1, 0.15) is 5.75 Å². The maximum Gasteiger partial charge on any atom is 0.126 e. The van der Waals surface area contributed by atoms with E-state index in [1.165, 1.54) is 35.3 Å². The molecule has 2 atom stereocenters. The highest BCUT2D eigenvalue weighted by Crippen LogP contribution is 2.48. The van der Waals surface area contributed by atoms with Gasteiger partial charge in [-0.15, -0.1) is 0 Å². The number of hydrogen-bond acceptors (Lipinski definition) is 4. The van der Waals surface area contributed by atoms with Crippen molar-refractivity contribution in [2.75, 3.05) is 12.9 Å². The van der Waals surface area contributed by atoms with Crippen LogP contribution in [-0.2, 0) is 0 Å². The summed E-state index contributed by atoms with van der Waals surface area (Å²) in [4.78, 5) is 0. The summed E-state index contributed by atoms with van der Waals surface area (Å²) in [6.45, 7) is 6.51. The van der Waals surface area contributed by atoms with Crippen LogP contribution in [0.25, 0.3) is 0 Å². The molecule has 3 nitrogen and oxygen atoms in total. The van der Waals surface area contributed by atoms with Gasteiger partial charge in [0.25, 0.3) is 0 Å². The van der Waals surface area contributed by atoms with Gasteiger partial charge in [-0.1, -0.05) is 12.1 Å². The molecule has 0 bridgehead atoms. The Morgan fingerprint density at radius 1 is 1.42 bits per heavy atom. The highest BCUT2D eigenvalue weighted by molar-refractivity contribution is 8.00. The van der Waals surface area contributed by atoms with Crippen LogP contribution in [0.15, 0.2) is 12.1 Å². The average Bonchev–Trinajstić information content (AvgIpc) is 2.82.